The molecule has 4 nitrogen and oxygen atoms in total. The minimum Gasteiger partial charge on any atom is -0.363 e. The molecule has 3 aromatic heterocycles. The van der Waals surface area contributed by atoms with Gasteiger partial charge in [0.2, 0.25) is 5.13 Å². The van der Waals surface area contributed by atoms with E-state index < -0.39 is 0 Å². The van der Waals surface area contributed by atoms with Crippen molar-refractivity contribution in [2.75, 3.05) is 12.4 Å². The van der Waals surface area contributed by atoms with Crippen molar-refractivity contribution < 1.29 is 0 Å². The zero-order chi connectivity index (χ0) is 11.7. The van der Waals surface area contributed by atoms with Gasteiger partial charge in [0.15, 0.2) is 5.01 Å². The molecule has 3 heterocycles. The molecule has 0 radical (unpaired) electrons. The van der Waals surface area contributed by atoms with Crippen LogP contribution in [0.15, 0.2) is 23.7 Å². The third-order valence-electron chi connectivity index (χ3n) is 2.09. The van der Waals surface area contributed by atoms with E-state index in [0.717, 1.165) is 20.0 Å². The monoisotopic (exact) mass is 280 g/mol. The Morgan fingerprint density at radius 2 is 2.06 bits per heavy atom. The summed E-state index contributed by atoms with van der Waals surface area (Å²) in [5, 5.41) is 16.0. The number of thiazole rings is 1. The van der Waals surface area contributed by atoms with E-state index in [-0.39, 0.29) is 0 Å². The summed E-state index contributed by atoms with van der Waals surface area (Å²) in [6.45, 7) is 0. The molecule has 0 aromatic carbocycles. The topological polar surface area (TPSA) is 50.7 Å². The van der Waals surface area contributed by atoms with Crippen LogP contribution in [0.3, 0.4) is 0 Å². The number of hydrogen-bond acceptors (Lipinski definition) is 7. The number of aromatic nitrogens is 3. The Labute approximate surface area is 110 Å². The molecular weight excluding hydrogens is 272 g/mol. The molecule has 7 heteroatoms. The quantitative estimate of drug-likeness (QED) is 0.798. The molecular formula is C10H8N4S3. The molecule has 0 unspecified atom stereocenters. The fraction of sp³-hybridized carbons (Fsp3) is 0.100. The number of anilines is 1. The summed E-state index contributed by atoms with van der Waals surface area (Å²) in [5.74, 6) is 0. The molecule has 1 N–H and O–H groups in total. The summed E-state index contributed by atoms with van der Waals surface area (Å²) in [5.41, 5.74) is 0. The van der Waals surface area contributed by atoms with Crippen molar-refractivity contribution in [1.82, 2.24) is 15.2 Å². The Morgan fingerprint density at radius 1 is 1.12 bits per heavy atom. The molecule has 0 aliphatic rings. The van der Waals surface area contributed by atoms with Crippen LogP contribution in [-0.2, 0) is 0 Å². The minimum absolute atomic E-state index is 0.825. The maximum Gasteiger partial charge on any atom is 0.205 e. The number of nitrogens with zero attached hydrogens (tertiary/aromatic N) is 3. The Bertz CT molecular complexity index is 611. The Hall–Kier alpha value is -1.31. The smallest absolute Gasteiger partial charge is 0.205 e. The largest absolute Gasteiger partial charge is 0.363 e. The SMILES string of the molecule is CNc1nnc(-c2cnc(-c3cccs3)s2)s1. The van der Waals surface area contributed by atoms with Crippen LogP contribution in [-0.4, -0.2) is 22.2 Å². The Morgan fingerprint density at radius 3 is 2.76 bits per heavy atom. The second kappa shape index (κ2) is 4.52. The molecule has 86 valence electrons. The third-order valence-corrected chi connectivity index (χ3v) is 5.23. The van der Waals surface area contributed by atoms with Gasteiger partial charge in [-0.25, -0.2) is 4.98 Å². The zero-order valence-corrected chi connectivity index (χ0v) is 11.3. The van der Waals surface area contributed by atoms with Gasteiger partial charge in [0.05, 0.1) is 9.75 Å². The van der Waals surface area contributed by atoms with Crippen molar-refractivity contribution in [3.8, 4) is 19.8 Å². The lowest BCUT2D eigenvalue weighted by atomic mass is 10.5. The van der Waals surface area contributed by atoms with E-state index in [9.17, 15) is 0 Å². The molecule has 0 bridgehead atoms. The fourth-order valence-electron chi connectivity index (χ4n) is 1.31. The summed E-state index contributed by atoms with van der Waals surface area (Å²) in [4.78, 5) is 6.67. The average Bonchev–Trinajstić information content (AvgIpc) is 3.09. The van der Waals surface area contributed by atoms with Gasteiger partial charge in [-0.3, -0.25) is 0 Å². The molecule has 3 aromatic rings. The normalized spacial score (nSPS) is 10.6. The summed E-state index contributed by atoms with van der Waals surface area (Å²) >= 11 is 4.88. The van der Waals surface area contributed by atoms with Gasteiger partial charge in [0.25, 0.3) is 0 Å². The van der Waals surface area contributed by atoms with E-state index in [1.54, 1.807) is 22.7 Å². The molecule has 0 fully saturated rings. The lowest BCUT2D eigenvalue weighted by molar-refractivity contribution is 1.09. The van der Waals surface area contributed by atoms with Gasteiger partial charge in [-0.2, -0.15) is 0 Å². The van der Waals surface area contributed by atoms with Gasteiger partial charge in [-0.05, 0) is 11.4 Å². The highest BCUT2D eigenvalue weighted by molar-refractivity contribution is 7.26. The van der Waals surface area contributed by atoms with Crippen LogP contribution in [0, 0.1) is 0 Å². The van der Waals surface area contributed by atoms with E-state index in [4.69, 9.17) is 0 Å². The molecule has 17 heavy (non-hydrogen) atoms. The Balaban J connectivity index is 1.94. The van der Waals surface area contributed by atoms with Crippen LogP contribution in [0.1, 0.15) is 0 Å². The number of hydrogen-bond donors (Lipinski definition) is 1. The molecule has 0 saturated carbocycles. The molecule has 0 atom stereocenters. The van der Waals surface area contributed by atoms with Crippen LogP contribution in [0.25, 0.3) is 19.8 Å². The van der Waals surface area contributed by atoms with Crippen LogP contribution in [0.5, 0.6) is 0 Å². The predicted octanol–water partition coefficient (Wildman–Crippen LogP) is 3.43. The van der Waals surface area contributed by atoms with E-state index in [2.05, 4.69) is 31.9 Å². The van der Waals surface area contributed by atoms with Crippen LogP contribution in [0.2, 0.25) is 0 Å². The summed E-state index contributed by atoms with van der Waals surface area (Å²) in [6, 6.07) is 4.11. The highest BCUT2D eigenvalue weighted by Gasteiger charge is 2.11. The van der Waals surface area contributed by atoms with Crippen LogP contribution in [0.4, 0.5) is 5.13 Å². The number of thiophene rings is 1. The molecule has 0 spiro atoms. The lowest BCUT2D eigenvalue weighted by Gasteiger charge is -1.86. The summed E-state index contributed by atoms with van der Waals surface area (Å²) in [6.07, 6.45) is 1.86. The first-order valence-electron chi connectivity index (χ1n) is 4.88. The molecule has 0 saturated heterocycles. The van der Waals surface area contributed by atoms with E-state index in [1.807, 2.05) is 19.3 Å². The van der Waals surface area contributed by atoms with E-state index in [1.165, 1.54) is 16.2 Å². The number of rotatable bonds is 3. The van der Waals surface area contributed by atoms with Gasteiger partial charge in [-0.1, -0.05) is 17.4 Å². The first-order chi connectivity index (χ1) is 8.36. The number of nitrogens with one attached hydrogen (secondary N) is 1. The zero-order valence-electron chi connectivity index (χ0n) is 8.88. The second-order valence-electron chi connectivity index (χ2n) is 3.17. The fourth-order valence-corrected chi connectivity index (χ4v) is 3.76. The van der Waals surface area contributed by atoms with Gasteiger partial charge >= 0.3 is 0 Å². The lowest BCUT2D eigenvalue weighted by Crippen LogP contribution is -1.84. The van der Waals surface area contributed by atoms with Crippen molar-refractivity contribution in [3.05, 3.63) is 23.7 Å². The molecule has 0 aliphatic heterocycles. The second-order valence-corrected chi connectivity index (χ2v) is 6.13. The third kappa shape index (κ3) is 2.08. The van der Waals surface area contributed by atoms with Gasteiger partial charge in [0.1, 0.15) is 5.01 Å². The summed E-state index contributed by atoms with van der Waals surface area (Å²) < 4.78 is 0. The first-order valence-corrected chi connectivity index (χ1v) is 7.39. The van der Waals surface area contributed by atoms with Crippen molar-refractivity contribution in [2.24, 2.45) is 0 Å². The minimum atomic E-state index is 0.825. The van der Waals surface area contributed by atoms with Crippen molar-refractivity contribution in [2.45, 2.75) is 0 Å². The predicted molar refractivity (Wildman–Crippen MR) is 73.9 cm³/mol. The molecule has 3 rings (SSSR count). The highest BCUT2D eigenvalue weighted by atomic mass is 32.1. The summed E-state index contributed by atoms with van der Waals surface area (Å²) in [7, 11) is 1.84. The van der Waals surface area contributed by atoms with E-state index >= 15 is 0 Å². The first kappa shape index (κ1) is 10.8. The van der Waals surface area contributed by atoms with Crippen molar-refractivity contribution in [1.29, 1.82) is 0 Å². The standard InChI is InChI=1S/C10H8N4S3/c1-11-10-14-13-9(17-10)7-5-12-8(16-7)6-3-2-4-15-6/h2-5H,1H3,(H,11,14). The molecule has 0 amide bonds. The van der Waals surface area contributed by atoms with Crippen molar-refractivity contribution in [3.63, 3.8) is 0 Å². The maximum absolute atomic E-state index is 4.42. The Kier molecular flexibility index (Phi) is 2.87. The van der Waals surface area contributed by atoms with E-state index in [0.29, 0.717) is 0 Å². The highest BCUT2D eigenvalue weighted by Crippen LogP contribution is 2.35. The van der Waals surface area contributed by atoms with Gasteiger partial charge in [0, 0.05) is 13.2 Å². The van der Waals surface area contributed by atoms with Crippen LogP contribution >= 0.6 is 34.0 Å². The molecule has 0 aliphatic carbocycles. The average molecular weight is 280 g/mol. The maximum atomic E-state index is 4.42. The van der Waals surface area contributed by atoms with Gasteiger partial charge in [-0.15, -0.1) is 32.9 Å². The van der Waals surface area contributed by atoms with Crippen molar-refractivity contribution >= 4 is 39.1 Å². The van der Waals surface area contributed by atoms with Gasteiger partial charge < -0.3 is 5.32 Å². The van der Waals surface area contributed by atoms with Crippen LogP contribution < -0.4 is 5.32 Å².